The predicted molar refractivity (Wildman–Crippen MR) is 80.4 cm³/mol. The molecule has 8 heteroatoms. The minimum Gasteiger partial charge on any atom is -0.382 e. The molecule has 1 aromatic carbocycles. The Kier molecular flexibility index (Phi) is 4.68. The number of benzene rings is 1. The molecule has 0 aliphatic heterocycles. The summed E-state index contributed by atoms with van der Waals surface area (Å²) in [5.41, 5.74) is 0.734. The Bertz CT molecular complexity index is 716. The van der Waals surface area contributed by atoms with Crippen LogP contribution in [0.1, 0.15) is 31.2 Å². The minimum atomic E-state index is -0.517. The second-order valence-electron chi connectivity index (χ2n) is 5.06. The average molecular weight is 300 g/mol. The SMILES string of the molecule is CC(C)c1nncn1CCNc1ccc([N+](=O)[O-])cc1C#N. The summed E-state index contributed by atoms with van der Waals surface area (Å²) in [7, 11) is 0. The summed E-state index contributed by atoms with van der Waals surface area (Å²) < 4.78 is 1.94. The van der Waals surface area contributed by atoms with Gasteiger partial charge in [0.05, 0.1) is 16.2 Å². The third-order valence-corrected chi connectivity index (χ3v) is 3.16. The van der Waals surface area contributed by atoms with E-state index in [-0.39, 0.29) is 17.2 Å². The van der Waals surface area contributed by atoms with E-state index >= 15 is 0 Å². The first-order valence-corrected chi connectivity index (χ1v) is 6.83. The van der Waals surface area contributed by atoms with Crippen LogP contribution in [-0.4, -0.2) is 26.2 Å². The Hall–Kier alpha value is -2.95. The Morgan fingerprint density at radius 1 is 1.50 bits per heavy atom. The van der Waals surface area contributed by atoms with Crippen molar-refractivity contribution in [3.05, 3.63) is 46.0 Å². The van der Waals surface area contributed by atoms with E-state index < -0.39 is 4.92 Å². The average Bonchev–Trinajstić information content (AvgIpc) is 2.96. The minimum absolute atomic E-state index is 0.0944. The molecule has 0 atom stereocenters. The molecule has 0 amide bonds. The summed E-state index contributed by atoms with van der Waals surface area (Å²) in [6.45, 7) is 5.28. The van der Waals surface area contributed by atoms with Crippen LogP contribution in [-0.2, 0) is 6.54 Å². The smallest absolute Gasteiger partial charge is 0.270 e. The number of nitro benzene ring substituents is 1. The van der Waals surface area contributed by atoms with E-state index in [1.54, 1.807) is 12.4 Å². The van der Waals surface area contributed by atoms with Gasteiger partial charge < -0.3 is 9.88 Å². The molecule has 0 fully saturated rings. The number of nitro groups is 1. The first-order valence-electron chi connectivity index (χ1n) is 6.83. The number of nitriles is 1. The molecule has 2 aromatic rings. The van der Waals surface area contributed by atoms with Crippen molar-refractivity contribution < 1.29 is 4.92 Å². The van der Waals surface area contributed by atoms with E-state index in [1.807, 2.05) is 24.5 Å². The number of anilines is 1. The van der Waals surface area contributed by atoms with Gasteiger partial charge in [0.15, 0.2) is 0 Å². The molecule has 8 nitrogen and oxygen atoms in total. The molecule has 0 unspecified atom stereocenters. The molecule has 1 heterocycles. The lowest BCUT2D eigenvalue weighted by Gasteiger charge is -2.11. The molecule has 114 valence electrons. The van der Waals surface area contributed by atoms with E-state index in [4.69, 9.17) is 5.26 Å². The lowest BCUT2D eigenvalue weighted by Crippen LogP contribution is -2.13. The molecule has 1 N–H and O–H groups in total. The van der Waals surface area contributed by atoms with Gasteiger partial charge in [0.25, 0.3) is 5.69 Å². The van der Waals surface area contributed by atoms with Gasteiger partial charge in [0.2, 0.25) is 0 Å². The summed E-state index contributed by atoms with van der Waals surface area (Å²) in [4.78, 5) is 10.2. The fourth-order valence-corrected chi connectivity index (χ4v) is 2.09. The number of nitrogens with zero attached hydrogens (tertiary/aromatic N) is 5. The lowest BCUT2D eigenvalue weighted by atomic mass is 10.1. The highest BCUT2D eigenvalue weighted by Gasteiger charge is 2.11. The second-order valence-corrected chi connectivity index (χ2v) is 5.06. The molecule has 1 aromatic heterocycles. The first kappa shape index (κ1) is 15.4. The van der Waals surface area contributed by atoms with Crippen molar-refractivity contribution in [2.75, 3.05) is 11.9 Å². The topological polar surface area (TPSA) is 110 Å². The van der Waals surface area contributed by atoms with Gasteiger partial charge in [0, 0.05) is 31.1 Å². The van der Waals surface area contributed by atoms with Crippen LogP contribution >= 0.6 is 0 Å². The van der Waals surface area contributed by atoms with Crippen molar-refractivity contribution in [2.45, 2.75) is 26.3 Å². The van der Waals surface area contributed by atoms with Crippen molar-refractivity contribution in [1.82, 2.24) is 14.8 Å². The van der Waals surface area contributed by atoms with E-state index in [9.17, 15) is 10.1 Å². The fraction of sp³-hybridized carbons (Fsp3) is 0.357. The number of rotatable bonds is 6. The summed E-state index contributed by atoms with van der Waals surface area (Å²) in [6.07, 6.45) is 1.66. The normalized spacial score (nSPS) is 10.5. The summed E-state index contributed by atoms with van der Waals surface area (Å²) >= 11 is 0. The van der Waals surface area contributed by atoms with Crippen LogP contribution in [0.2, 0.25) is 0 Å². The van der Waals surface area contributed by atoms with Gasteiger partial charge in [-0.2, -0.15) is 5.26 Å². The number of aromatic nitrogens is 3. The Morgan fingerprint density at radius 3 is 2.91 bits per heavy atom. The van der Waals surface area contributed by atoms with Crippen LogP contribution in [0.3, 0.4) is 0 Å². The Labute approximate surface area is 127 Å². The quantitative estimate of drug-likeness (QED) is 0.647. The van der Waals surface area contributed by atoms with E-state index in [0.717, 1.165) is 5.82 Å². The van der Waals surface area contributed by atoms with E-state index in [0.29, 0.717) is 18.8 Å². The highest BCUT2D eigenvalue weighted by Crippen LogP contribution is 2.21. The van der Waals surface area contributed by atoms with Gasteiger partial charge in [-0.15, -0.1) is 10.2 Å². The monoisotopic (exact) mass is 300 g/mol. The maximum atomic E-state index is 10.7. The summed E-state index contributed by atoms with van der Waals surface area (Å²) in [5.74, 6) is 1.17. The zero-order valence-electron chi connectivity index (χ0n) is 12.4. The highest BCUT2D eigenvalue weighted by atomic mass is 16.6. The van der Waals surface area contributed by atoms with E-state index in [2.05, 4.69) is 15.5 Å². The van der Waals surface area contributed by atoms with Crippen LogP contribution in [0.15, 0.2) is 24.5 Å². The molecular weight excluding hydrogens is 284 g/mol. The predicted octanol–water partition coefficient (Wildman–Crippen LogP) is 2.29. The van der Waals surface area contributed by atoms with Crippen LogP contribution in [0.5, 0.6) is 0 Å². The molecule has 0 aliphatic carbocycles. The van der Waals surface area contributed by atoms with Crippen molar-refractivity contribution in [1.29, 1.82) is 5.26 Å². The van der Waals surface area contributed by atoms with Crippen LogP contribution in [0, 0.1) is 21.4 Å². The molecule has 0 aliphatic rings. The Morgan fingerprint density at radius 2 is 2.27 bits per heavy atom. The fourth-order valence-electron chi connectivity index (χ4n) is 2.09. The number of hydrogen-bond acceptors (Lipinski definition) is 6. The Balaban J connectivity index is 2.04. The third kappa shape index (κ3) is 3.38. The molecule has 22 heavy (non-hydrogen) atoms. The van der Waals surface area contributed by atoms with Crippen molar-refractivity contribution in [3.8, 4) is 6.07 Å². The molecule has 0 saturated heterocycles. The number of non-ortho nitro benzene ring substituents is 1. The van der Waals surface area contributed by atoms with E-state index in [1.165, 1.54) is 12.1 Å². The van der Waals surface area contributed by atoms with Gasteiger partial charge in [0.1, 0.15) is 18.2 Å². The molecule has 2 rings (SSSR count). The largest absolute Gasteiger partial charge is 0.382 e. The maximum absolute atomic E-state index is 10.7. The van der Waals surface area contributed by atoms with Crippen LogP contribution in [0.25, 0.3) is 0 Å². The zero-order chi connectivity index (χ0) is 16.1. The number of hydrogen-bond donors (Lipinski definition) is 1. The van der Waals surface area contributed by atoms with Crippen molar-refractivity contribution in [3.63, 3.8) is 0 Å². The molecular formula is C14H16N6O2. The van der Waals surface area contributed by atoms with Gasteiger partial charge in [-0.1, -0.05) is 13.8 Å². The second kappa shape index (κ2) is 6.67. The van der Waals surface area contributed by atoms with Gasteiger partial charge in [-0.05, 0) is 6.07 Å². The van der Waals surface area contributed by atoms with Gasteiger partial charge >= 0.3 is 0 Å². The standard InChI is InChI=1S/C14H16N6O2/c1-10(2)14-18-17-9-19(14)6-5-16-13-4-3-12(20(21)22)7-11(13)8-15/h3-4,7,9-10,16H,5-6H2,1-2H3. The maximum Gasteiger partial charge on any atom is 0.270 e. The van der Waals surface area contributed by atoms with Crippen molar-refractivity contribution >= 4 is 11.4 Å². The lowest BCUT2D eigenvalue weighted by molar-refractivity contribution is -0.384. The summed E-state index contributed by atoms with van der Waals surface area (Å²) in [6, 6.07) is 6.15. The first-order chi connectivity index (χ1) is 10.5. The highest BCUT2D eigenvalue weighted by molar-refractivity contribution is 5.61. The molecule has 0 saturated carbocycles. The van der Waals surface area contributed by atoms with Crippen LogP contribution < -0.4 is 5.32 Å². The third-order valence-electron chi connectivity index (χ3n) is 3.16. The molecule has 0 spiro atoms. The zero-order valence-corrected chi connectivity index (χ0v) is 12.4. The summed E-state index contributed by atoms with van der Waals surface area (Å²) in [5, 5.41) is 30.9. The number of nitrogens with one attached hydrogen (secondary N) is 1. The van der Waals surface area contributed by atoms with Crippen LogP contribution in [0.4, 0.5) is 11.4 Å². The molecule has 0 bridgehead atoms. The van der Waals surface area contributed by atoms with Crippen molar-refractivity contribution in [2.24, 2.45) is 0 Å². The van der Waals surface area contributed by atoms with Gasteiger partial charge in [-0.3, -0.25) is 10.1 Å². The van der Waals surface area contributed by atoms with Gasteiger partial charge in [-0.25, -0.2) is 0 Å². The molecule has 0 radical (unpaired) electrons.